The van der Waals surface area contributed by atoms with E-state index in [2.05, 4.69) is 164 Å². The molecule has 8 aromatic rings. The number of H-pyrrole nitrogens is 1. The molecule has 1 aromatic heterocycles. The number of fused-ring (bicyclic) bond motifs is 8. The Morgan fingerprint density at radius 2 is 0.977 bits per heavy atom. The van der Waals surface area contributed by atoms with Gasteiger partial charge in [0.1, 0.15) is 0 Å². The molecule has 1 aliphatic rings. The SMILES string of the molecule is CC1(C)c2ccccc2-c2cc(-c3cccc(-c4cccc(-c5cccc6c5[nH]c5c7ccccc7ccc65)c4)c3)ccc21. The molecule has 1 N–H and O–H groups in total. The van der Waals surface area contributed by atoms with Crippen LogP contribution in [0.1, 0.15) is 25.0 Å². The van der Waals surface area contributed by atoms with Crippen LogP contribution in [0, 0.1) is 0 Å². The standard InChI is InChI=1S/C43H31N/c1-43(2)39-19-6-5-16-35(39)38-26-31(21-23-40(38)43)29-12-7-11-28(24-29)30-13-8-14-32(25-30)34-17-9-18-36-37-22-20-27-10-3-4-15-33(27)41(37)44-42(34)36/h3-26,44H,1-2H3. The molecule has 208 valence electrons. The minimum Gasteiger partial charge on any atom is -0.353 e. The average molecular weight is 562 g/mol. The molecule has 1 heterocycles. The van der Waals surface area contributed by atoms with Crippen LogP contribution in [-0.4, -0.2) is 4.98 Å². The lowest BCUT2D eigenvalue weighted by atomic mass is 9.82. The highest BCUT2D eigenvalue weighted by molar-refractivity contribution is 6.19. The molecule has 0 amide bonds. The Kier molecular flexibility index (Phi) is 5.31. The highest BCUT2D eigenvalue weighted by atomic mass is 14.7. The molecule has 0 unspecified atom stereocenters. The van der Waals surface area contributed by atoms with E-state index in [-0.39, 0.29) is 5.41 Å². The van der Waals surface area contributed by atoms with E-state index < -0.39 is 0 Å². The normalized spacial score (nSPS) is 13.4. The van der Waals surface area contributed by atoms with Crippen LogP contribution in [0.25, 0.3) is 77.1 Å². The summed E-state index contributed by atoms with van der Waals surface area (Å²) < 4.78 is 0. The molecule has 0 atom stereocenters. The van der Waals surface area contributed by atoms with Crippen molar-refractivity contribution < 1.29 is 0 Å². The second-order valence-electron chi connectivity index (χ2n) is 12.7. The Labute approximate surface area is 257 Å². The molecule has 1 heteroatoms. The van der Waals surface area contributed by atoms with E-state index in [1.54, 1.807) is 0 Å². The Bertz CT molecular complexity index is 2420. The monoisotopic (exact) mass is 561 g/mol. The van der Waals surface area contributed by atoms with Gasteiger partial charge in [0.25, 0.3) is 0 Å². The van der Waals surface area contributed by atoms with Crippen molar-refractivity contribution in [1.29, 1.82) is 0 Å². The van der Waals surface area contributed by atoms with E-state index in [0.29, 0.717) is 0 Å². The van der Waals surface area contributed by atoms with Gasteiger partial charge in [-0.1, -0.05) is 141 Å². The predicted octanol–water partition coefficient (Wildman–Crippen LogP) is 11.8. The predicted molar refractivity (Wildman–Crippen MR) is 187 cm³/mol. The fraction of sp³-hybridized carbons (Fsp3) is 0.0698. The van der Waals surface area contributed by atoms with Crippen molar-refractivity contribution in [1.82, 2.24) is 4.98 Å². The number of hydrogen-bond donors (Lipinski definition) is 1. The summed E-state index contributed by atoms with van der Waals surface area (Å²) in [5.41, 5.74) is 15.3. The number of nitrogens with one attached hydrogen (secondary N) is 1. The molecule has 0 radical (unpaired) electrons. The van der Waals surface area contributed by atoms with Gasteiger partial charge in [-0.05, 0) is 73.7 Å². The van der Waals surface area contributed by atoms with Crippen molar-refractivity contribution in [3.8, 4) is 44.5 Å². The maximum Gasteiger partial charge on any atom is 0.0544 e. The van der Waals surface area contributed by atoms with E-state index in [9.17, 15) is 0 Å². The zero-order valence-corrected chi connectivity index (χ0v) is 24.9. The maximum absolute atomic E-state index is 3.81. The van der Waals surface area contributed by atoms with Gasteiger partial charge in [0.2, 0.25) is 0 Å². The third-order valence-corrected chi connectivity index (χ3v) is 9.82. The quantitative estimate of drug-likeness (QED) is 0.221. The lowest BCUT2D eigenvalue weighted by molar-refractivity contribution is 0.660. The molecule has 1 aliphatic carbocycles. The van der Waals surface area contributed by atoms with Crippen LogP contribution >= 0.6 is 0 Å². The van der Waals surface area contributed by atoms with Gasteiger partial charge in [-0.3, -0.25) is 0 Å². The Hall–Kier alpha value is -5.40. The first kappa shape index (κ1) is 25.1. The number of aromatic nitrogens is 1. The zero-order chi connectivity index (χ0) is 29.4. The first-order valence-corrected chi connectivity index (χ1v) is 15.4. The van der Waals surface area contributed by atoms with Crippen LogP contribution in [0.15, 0.2) is 146 Å². The molecule has 0 aliphatic heterocycles. The Balaban J connectivity index is 1.13. The van der Waals surface area contributed by atoms with E-state index in [0.717, 1.165) is 0 Å². The first-order chi connectivity index (χ1) is 21.6. The van der Waals surface area contributed by atoms with Gasteiger partial charge in [0.15, 0.2) is 0 Å². The van der Waals surface area contributed by atoms with Gasteiger partial charge in [0.05, 0.1) is 11.0 Å². The summed E-state index contributed by atoms with van der Waals surface area (Å²) in [7, 11) is 0. The number of para-hydroxylation sites is 1. The molecule has 7 aromatic carbocycles. The van der Waals surface area contributed by atoms with Crippen molar-refractivity contribution in [3.63, 3.8) is 0 Å². The largest absolute Gasteiger partial charge is 0.353 e. The van der Waals surface area contributed by atoms with E-state index in [1.807, 2.05) is 0 Å². The Morgan fingerprint density at radius 1 is 0.386 bits per heavy atom. The number of benzene rings is 7. The summed E-state index contributed by atoms with van der Waals surface area (Å²) in [6, 6.07) is 53.6. The third kappa shape index (κ3) is 3.66. The lowest BCUT2D eigenvalue weighted by Gasteiger charge is -2.21. The van der Waals surface area contributed by atoms with E-state index >= 15 is 0 Å². The van der Waals surface area contributed by atoms with Crippen molar-refractivity contribution >= 4 is 32.6 Å². The smallest absolute Gasteiger partial charge is 0.0544 e. The van der Waals surface area contributed by atoms with E-state index in [4.69, 9.17) is 0 Å². The summed E-state index contributed by atoms with van der Waals surface area (Å²) >= 11 is 0. The van der Waals surface area contributed by atoms with Gasteiger partial charge in [-0.15, -0.1) is 0 Å². The third-order valence-electron chi connectivity index (χ3n) is 9.82. The molecule has 1 nitrogen and oxygen atoms in total. The zero-order valence-electron chi connectivity index (χ0n) is 24.9. The maximum atomic E-state index is 3.81. The van der Waals surface area contributed by atoms with E-state index in [1.165, 1.54) is 88.2 Å². The second-order valence-corrected chi connectivity index (χ2v) is 12.7. The topological polar surface area (TPSA) is 15.8 Å². The van der Waals surface area contributed by atoms with Gasteiger partial charge in [-0.25, -0.2) is 0 Å². The van der Waals surface area contributed by atoms with Crippen molar-refractivity contribution in [3.05, 3.63) is 157 Å². The molecule has 0 saturated carbocycles. The van der Waals surface area contributed by atoms with Crippen LogP contribution in [0.4, 0.5) is 0 Å². The Morgan fingerprint density at radius 3 is 1.82 bits per heavy atom. The van der Waals surface area contributed by atoms with Crippen LogP contribution in [-0.2, 0) is 5.41 Å². The molecule has 9 rings (SSSR count). The summed E-state index contributed by atoms with van der Waals surface area (Å²) in [5.74, 6) is 0. The van der Waals surface area contributed by atoms with Gasteiger partial charge >= 0.3 is 0 Å². The van der Waals surface area contributed by atoms with Crippen LogP contribution in [0.5, 0.6) is 0 Å². The van der Waals surface area contributed by atoms with Crippen LogP contribution < -0.4 is 0 Å². The highest BCUT2D eigenvalue weighted by Crippen LogP contribution is 2.49. The van der Waals surface area contributed by atoms with Crippen molar-refractivity contribution in [2.45, 2.75) is 19.3 Å². The molecular formula is C43H31N. The summed E-state index contributed by atoms with van der Waals surface area (Å²) in [5, 5.41) is 5.05. The summed E-state index contributed by atoms with van der Waals surface area (Å²) in [4.78, 5) is 3.81. The average Bonchev–Trinajstić information content (AvgIpc) is 3.57. The fourth-order valence-corrected chi connectivity index (χ4v) is 7.55. The number of aromatic amines is 1. The fourth-order valence-electron chi connectivity index (χ4n) is 7.55. The summed E-state index contributed by atoms with van der Waals surface area (Å²) in [6.45, 7) is 4.67. The highest BCUT2D eigenvalue weighted by Gasteiger charge is 2.35. The van der Waals surface area contributed by atoms with Crippen molar-refractivity contribution in [2.75, 3.05) is 0 Å². The first-order valence-electron chi connectivity index (χ1n) is 15.4. The number of hydrogen-bond acceptors (Lipinski definition) is 0. The van der Waals surface area contributed by atoms with Gasteiger partial charge < -0.3 is 4.98 Å². The lowest BCUT2D eigenvalue weighted by Crippen LogP contribution is -2.14. The number of rotatable bonds is 3. The summed E-state index contributed by atoms with van der Waals surface area (Å²) in [6.07, 6.45) is 0. The minimum atomic E-state index is 0.0215. The van der Waals surface area contributed by atoms with Gasteiger partial charge in [-0.2, -0.15) is 0 Å². The molecule has 44 heavy (non-hydrogen) atoms. The van der Waals surface area contributed by atoms with Crippen LogP contribution in [0.3, 0.4) is 0 Å². The minimum absolute atomic E-state index is 0.0215. The van der Waals surface area contributed by atoms with Crippen molar-refractivity contribution in [2.24, 2.45) is 0 Å². The molecule has 0 spiro atoms. The molecular weight excluding hydrogens is 530 g/mol. The van der Waals surface area contributed by atoms with Gasteiger partial charge in [0, 0.05) is 27.1 Å². The molecule has 0 bridgehead atoms. The van der Waals surface area contributed by atoms with Crippen LogP contribution in [0.2, 0.25) is 0 Å². The molecule has 0 saturated heterocycles. The second kappa shape index (κ2) is 9.30. The molecule has 0 fully saturated rings.